The molecule has 1 aromatic carbocycles. The third kappa shape index (κ3) is 5.35. The molecule has 1 aromatic rings. The fraction of sp³-hybridized carbons (Fsp3) is 0.357. The number of benzene rings is 1. The Morgan fingerprint density at radius 2 is 2.06 bits per heavy atom. The fourth-order valence-electron chi connectivity index (χ4n) is 1.44. The Morgan fingerprint density at radius 1 is 1.31 bits per heavy atom. The minimum absolute atomic E-state index is 0.248. The van der Waals surface area contributed by atoms with Gasteiger partial charge in [-0.25, -0.2) is 4.79 Å². The molecule has 0 fully saturated rings. The first kappa shape index (κ1) is 12.5. The molecule has 1 rings (SSSR count). The molecule has 0 radical (unpaired) electrons. The van der Waals surface area contributed by atoms with Gasteiger partial charge >= 0.3 is 5.97 Å². The largest absolute Gasteiger partial charge is 0.463 e. The first-order valence-electron chi connectivity index (χ1n) is 5.70. The van der Waals surface area contributed by atoms with Crippen LogP contribution in [-0.4, -0.2) is 12.6 Å². The molecule has 0 saturated heterocycles. The van der Waals surface area contributed by atoms with Crippen molar-refractivity contribution in [2.24, 2.45) is 0 Å². The van der Waals surface area contributed by atoms with Crippen LogP contribution in [0.2, 0.25) is 0 Å². The van der Waals surface area contributed by atoms with Crippen LogP contribution < -0.4 is 0 Å². The highest BCUT2D eigenvalue weighted by molar-refractivity contribution is 5.81. The van der Waals surface area contributed by atoms with Gasteiger partial charge in [0.1, 0.15) is 0 Å². The molecule has 2 heteroatoms. The molecule has 0 amide bonds. The summed E-state index contributed by atoms with van der Waals surface area (Å²) in [6, 6.07) is 10.3. The summed E-state index contributed by atoms with van der Waals surface area (Å²) in [4.78, 5) is 11.0. The van der Waals surface area contributed by atoms with Gasteiger partial charge in [-0.05, 0) is 31.7 Å². The third-order valence-electron chi connectivity index (χ3n) is 2.22. The molecule has 0 N–H and O–H groups in total. The van der Waals surface area contributed by atoms with Crippen LogP contribution in [0.5, 0.6) is 0 Å². The molecule has 0 spiro atoms. The molecule has 86 valence electrons. The van der Waals surface area contributed by atoms with Crippen LogP contribution in [0.1, 0.15) is 25.3 Å². The highest BCUT2D eigenvalue weighted by atomic mass is 16.5. The highest BCUT2D eigenvalue weighted by Crippen LogP contribution is 2.04. The topological polar surface area (TPSA) is 26.3 Å². The normalized spacial score (nSPS) is 10.6. The molecule has 0 atom stereocenters. The van der Waals surface area contributed by atoms with Gasteiger partial charge in [-0.2, -0.15) is 0 Å². The molecule has 0 aliphatic heterocycles. The summed E-state index contributed by atoms with van der Waals surface area (Å²) < 4.78 is 4.78. The maximum Gasteiger partial charge on any atom is 0.330 e. The lowest BCUT2D eigenvalue weighted by molar-refractivity contribution is -0.137. The lowest BCUT2D eigenvalue weighted by atomic mass is 10.1. The monoisotopic (exact) mass is 218 g/mol. The number of aryl methyl sites for hydroxylation is 1. The van der Waals surface area contributed by atoms with Gasteiger partial charge in [-0.15, -0.1) is 0 Å². The van der Waals surface area contributed by atoms with Crippen LogP contribution in [-0.2, 0) is 16.0 Å². The van der Waals surface area contributed by atoms with Crippen molar-refractivity contribution in [1.29, 1.82) is 0 Å². The van der Waals surface area contributed by atoms with Gasteiger partial charge < -0.3 is 4.74 Å². The third-order valence-corrected chi connectivity index (χ3v) is 2.22. The lowest BCUT2D eigenvalue weighted by Crippen LogP contribution is -1.98. The summed E-state index contributed by atoms with van der Waals surface area (Å²) in [6.07, 6.45) is 6.40. The minimum atomic E-state index is -0.248. The zero-order valence-corrected chi connectivity index (χ0v) is 9.69. The van der Waals surface area contributed by atoms with E-state index in [1.54, 1.807) is 6.92 Å². The van der Waals surface area contributed by atoms with E-state index in [0.717, 1.165) is 19.3 Å². The molecule has 0 saturated carbocycles. The second-order valence-corrected chi connectivity index (χ2v) is 3.53. The first-order valence-corrected chi connectivity index (χ1v) is 5.70. The van der Waals surface area contributed by atoms with E-state index in [-0.39, 0.29) is 5.97 Å². The molecule has 0 bridgehead atoms. The predicted octanol–water partition coefficient (Wildman–Crippen LogP) is 3.13. The molecule has 0 aliphatic carbocycles. The Morgan fingerprint density at radius 3 is 2.75 bits per heavy atom. The standard InChI is InChI=1S/C14H18O2/c1-2-16-14(15)12-8-4-7-11-13-9-5-3-6-10-13/h3,5-6,8-10,12H,2,4,7,11H2,1H3. The van der Waals surface area contributed by atoms with Gasteiger partial charge in [0.2, 0.25) is 0 Å². The second kappa shape index (κ2) is 7.69. The highest BCUT2D eigenvalue weighted by Gasteiger charge is 1.93. The second-order valence-electron chi connectivity index (χ2n) is 3.53. The Bertz CT molecular complexity index is 328. The average Bonchev–Trinajstić information content (AvgIpc) is 2.30. The summed E-state index contributed by atoms with van der Waals surface area (Å²) >= 11 is 0. The molecule has 2 nitrogen and oxygen atoms in total. The van der Waals surface area contributed by atoms with Gasteiger partial charge in [0.15, 0.2) is 0 Å². The Balaban J connectivity index is 2.15. The molecular formula is C14H18O2. The number of hydrogen-bond acceptors (Lipinski definition) is 2. The van der Waals surface area contributed by atoms with Crippen LogP contribution in [0.3, 0.4) is 0 Å². The Hall–Kier alpha value is -1.57. The van der Waals surface area contributed by atoms with E-state index in [4.69, 9.17) is 4.74 Å². The molecule has 0 aromatic heterocycles. The number of allylic oxidation sites excluding steroid dienone is 1. The van der Waals surface area contributed by atoms with Crippen molar-refractivity contribution in [2.75, 3.05) is 6.61 Å². The maximum atomic E-state index is 11.0. The average molecular weight is 218 g/mol. The van der Waals surface area contributed by atoms with E-state index < -0.39 is 0 Å². The molecule has 0 aliphatic rings. The van der Waals surface area contributed by atoms with Gasteiger partial charge in [0.25, 0.3) is 0 Å². The van der Waals surface area contributed by atoms with E-state index >= 15 is 0 Å². The molecule has 16 heavy (non-hydrogen) atoms. The van der Waals surface area contributed by atoms with E-state index in [2.05, 4.69) is 12.1 Å². The van der Waals surface area contributed by atoms with Gasteiger partial charge in [-0.3, -0.25) is 0 Å². The zero-order valence-electron chi connectivity index (χ0n) is 9.69. The number of rotatable bonds is 6. The number of hydrogen-bond donors (Lipinski definition) is 0. The van der Waals surface area contributed by atoms with E-state index in [1.807, 2.05) is 24.3 Å². The van der Waals surface area contributed by atoms with Crippen molar-refractivity contribution in [1.82, 2.24) is 0 Å². The SMILES string of the molecule is CCOC(=O)C=CCCCc1ccccc1. The number of ether oxygens (including phenoxy) is 1. The van der Waals surface area contributed by atoms with Gasteiger partial charge in [0, 0.05) is 6.08 Å². The van der Waals surface area contributed by atoms with Gasteiger partial charge in [-0.1, -0.05) is 36.4 Å². The van der Waals surface area contributed by atoms with E-state index in [0.29, 0.717) is 6.61 Å². The van der Waals surface area contributed by atoms with Crippen LogP contribution >= 0.6 is 0 Å². The van der Waals surface area contributed by atoms with Gasteiger partial charge in [0.05, 0.1) is 6.61 Å². The fourth-order valence-corrected chi connectivity index (χ4v) is 1.44. The Kier molecular flexibility index (Phi) is 6.00. The van der Waals surface area contributed by atoms with E-state index in [9.17, 15) is 4.79 Å². The van der Waals surface area contributed by atoms with Crippen molar-refractivity contribution in [3.05, 3.63) is 48.0 Å². The maximum absolute atomic E-state index is 11.0. The van der Waals surface area contributed by atoms with Crippen LogP contribution in [0.4, 0.5) is 0 Å². The van der Waals surface area contributed by atoms with Crippen LogP contribution in [0.15, 0.2) is 42.5 Å². The molecular weight excluding hydrogens is 200 g/mol. The summed E-state index contributed by atoms with van der Waals surface area (Å²) in [5, 5.41) is 0. The summed E-state index contributed by atoms with van der Waals surface area (Å²) in [7, 11) is 0. The number of unbranched alkanes of at least 4 members (excludes halogenated alkanes) is 1. The predicted molar refractivity (Wildman–Crippen MR) is 65.2 cm³/mol. The van der Waals surface area contributed by atoms with Crippen LogP contribution in [0, 0.1) is 0 Å². The number of esters is 1. The van der Waals surface area contributed by atoms with Crippen molar-refractivity contribution in [2.45, 2.75) is 26.2 Å². The van der Waals surface area contributed by atoms with Crippen molar-refractivity contribution in [3.8, 4) is 0 Å². The summed E-state index contributed by atoms with van der Waals surface area (Å²) in [6.45, 7) is 2.24. The quantitative estimate of drug-likeness (QED) is 0.416. The number of carbonyl (C=O) groups is 1. The van der Waals surface area contributed by atoms with E-state index in [1.165, 1.54) is 11.6 Å². The number of carbonyl (C=O) groups excluding carboxylic acids is 1. The molecule has 0 unspecified atom stereocenters. The van der Waals surface area contributed by atoms with Crippen molar-refractivity contribution >= 4 is 5.97 Å². The smallest absolute Gasteiger partial charge is 0.330 e. The lowest BCUT2D eigenvalue weighted by Gasteiger charge is -1.98. The molecule has 0 heterocycles. The zero-order chi connectivity index (χ0) is 11.6. The summed E-state index contributed by atoms with van der Waals surface area (Å²) in [5.41, 5.74) is 1.34. The van der Waals surface area contributed by atoms with Crippen LogP contribution in [0.25, 0.3) is 0 Å². The van der Waals surface area contributed by atoms with Crippen molar-refractivity contribution < 1.29 is 9.53 Å². The minimum Gasteiger partial charge on any atom is -0.463 e. The Labute approximate surface area is 96.9 Å². The summed E-state index contributed by atoms with van der Waals surface area (Å²) in [5.74, 6) is -0.248. The first-order chi connectivity index (χ1) is 7.83. The van der Waals surface area contributed by atoms with Crippen molar-refractivity contribution in [3.63, 3.8) is 0 Å².